The summed E-state index contributed by atoms with van der Waals surface area (Å²) in [6, 6.07) is 3.96. The zero-order chi connectivity index (χ0) is 31.1. The van der Waals surface area contributed by atoms with Gasteiger partial charge in [0.15, 0.2) is 0 Å². The van der Waals surface area contributed by atoms with Crippen LogP contribution < -0.4 is 16.0 Å². The number of aliphatic hydroxyl groups excluding tert-OH is 1. The zero-order valence-electron chi connectivity index (χ0n) is 24.7. The first-order valence-corrected chi connectivity index (χ1v) is 14.9. The molecule has 14 heteroatoms. The first kappa shape index (κ1) is 30.6. The molecule has 5 rings (SSSR count). The fourth-order valence-corrected chi connectivity index (χ4v) is 6.74. The Morgan fingerprint density at radius 2 is 1.86 bits per heavy atom. The van der Waals surface area contributed by atoms with E-state index in [0.717, 1.165) is 28.7 Å². The lowest BCUT2D eigenvalue weighted by molar-refractivity contribution is -0.138. The van der Waals surface area contributed by atoms with Crippen molar-refractivity contribution in [3.05, 3.63) is 68.4 Å². The second-order valence-corrected chi connectivity index (χ2v) is 12.2. The van der Waals surface area contributed by atoms with Crippen molar-refractivity contribution in [3.63, 3.8) is 0 Å². The third-order valence-electron chi connectivity index (χ3n) is 7.69. The number of methoxy groups -OCH3 is 1. The molecule has 0 radical (unpaired) electrons. The van der Waals surface area contributed by atoms with Gasteiger partial charge in [-0.05, 0) is 58.7 Å². The van der Waals surface area contributed by atoms with Gasteiger partial charge < -0.3 is 19.5 Å². The molecule has 3 aromatic heterocycles. The fraction of sp³-hybridized carbons (Fsp3) is 0.483. The number of amides is 1. The molecule has 43 heavy (non-hydrogen) atoms. The van der Waals surface area contributed by atoms with E-state index in [1.165, 1.54) is 47.1 Å². The number of rotatable bonds is 10. The van der Waals surface area contributed by atoms with Crippen molar-refractivity contribution in [1.82, 2.24) is 29.0 Å². The first-order chi connectivity index (χ1) is 20.4. The van der Waals surface area contributed by atoms with Gasteiger partial charge in [-0.3, -0.25) is 14.2 Å². The van der Waals surface area contributed by atoms with Gasteiger partial charge in [-0.2, -0.15) is 10.2 Å². The minimum atomic E-state index is -1.51. The zero-order valence-corrected chi connectivity index (χ0v) is 25.6. The number of aryl methyl sites for hydroxylation is 1. The number of carbonyl (C=O) groups excluding carboxylic acids is 1. The van der Waals surface area contributed by atoms with Crippen LogP contribution in [0.3, 0.4) is 0 Å². The lowest BCUT2D eigenvalue weighted by Gasteiger charge is -2.31. The minimum absolute atomic E-state index is 0.118. The topological polar surface area (TPSA) is 134 Å². The molecule has 12 nitrogen and oxygen atoms in total. The third kappa shape index (κ3) is 5.61. The van der Waals surface area contributed by atoms with Crippen molar-refractivity contribution in [2.24, 2.45) is 0 Å². The molecule has 1 saturated heterocycles. The van der Waals surface area contributed by atoms with Crippen molar-refractivity contribution in [1.29, 1.82) is 0 Å². The molecular formula is C29H35FN6O6S. The standard InChI is InChI=1S/C29H35FN6O6S/c1-17(37)16-42-22(20-14-19(30)8-9-21(20)41-5)15-34-26-23(18(2)25(43-26)36-31-10-11-32-36)24(38)35(28(34)40)29(3,4)27(39)33-12-6-7-13-33/h8-11,14,17,22,37H,6-7,12-13,15-16H2,1-5H3/t17-,22-/m0/s1. The van der Waals surface area contributed by atoms with E-state index in [4.69, 9.17) is 9.47 Å². The van der Waals surface area contributed by atoms with Gasteiger partial charge in [-0.25, -0.2) is 13.8 Å². The average molecular weight is 615 g/mol. The van der Waals surface area contributed by atoms with Crippen LogP contribution in [-0.4, -0.2) is 73.0 Å². The van der Waals surface area contributed by atoms with Crippen molar-refractivity contribution in [3.8, 4) is 10.8 Å². The number of benzene rings is 1. The van der Waals surface area contributed by atoms with Gasteiger partial charge in [0.2, 0.25) is 5.91 Å². The smallest absolute Gasteiger partial charge is 0.333 e. The summed E-state index contributed by atoms with van der Waals surface area (Å²) in [6.45, 7) is 7.23. The number of hydrogen-bond acceptors (Lipinski definition) is 9. The molecule has 230 valence electrons. The summed E-state index contributed by atoms with van der Waals surface area (Å²) in [5.74, 6) is -0.547. The number of halogens is 1. The maximum absolute atomic E-state index is 14.5. The van der Waals surface area contributed by atoms with Gasteiger partial charge in [0.25, 0.3) is 5.56 Å². The number of carbonyl (C=O) groups is 1. The summed E-state index contributed by atoms with van der Waals surface area (Å²) in [5.41, 5.74) is -1.99. The normalized spacial score (nSPS) is 15.3. The maximum atomic E-state index is 14.5. The molecule has 4 heterocycles. The molecular weight excluding hydrogens is 579 g/mol. The van der Waals surface area contributed by atoms with Crippen LogP contribution in [0.2, 0.25) is 0 Å². The van der Waals surface area contributed by atoms with Crippen LogP contribution in [0.15, 0.2) is 40.2 Å². The molecule has 0 spiro atoms. The number of thiophene rings is 1. The van der Waals surface area contributed by atoms with Crippen molar-refractivity contribution in [2.45, 2.75) is 64.8 Å². The summed E-state index contributed by atoms with van der Waals surface area (Å²) in [5, 5.41) is 19.2. The van der Waals surface area contributed by atoms with Crippen LogP contribution in [0, 0.1) is 12.7 Å². The number of ether oxygens (including phenoxy) is 2. The van der Waals surface area contributed by atoms with Crippen LogP contribution in [0.1, 0.15) is 50.8 Å². The van der Waals surface area contributed by atoms with E-state index in [1.807, 2.05) is 0 Å². The Kier molecular flexibility index (Phi) is 8.54. The Bertz CT molecular complexity index is 1750. The second kappa shape index (κ2) is 12.0. The van der Waals surface area contributed by atoms with Gasteiger partial charge in [-0.1, -0.05) is 11.3 Å². The van der Waals surface area contributed by atoms with E-state index in [-0.39, 0.29) is 24.4 Å². The molecule has 2 atom stereocenters. The van der Waals surface area contributed by atoms with Crippen molar-refractivity contribution >= 4 is 27.5 Å². The minimum Gasteiger partial charge on any atom is -0.496 e. The fourth-order valence-electron chi connectivity index (χ4n) is 5.52. The number of likely N-dealkylation sites (tertiary alicyclic amines) is 1. The molecule has 1 aliphatic heterocycles. The summed E-state index contributed by atoms with van der Waals surface area (Å²) in [6.07, 6.45) is 2.87. The predicted molar refractivity (Wildman–Crippen MR) is 158 cm³/mol. The Balaban J connectivity index is 1.77. The molecule has 0 bridgehead atoms. The van der Waals surface area contributed by atoms with Crippen molar-refractivity contribution < 1.29 is 23.8 Å². The molecule has 1 aliphatic rings. The van der Waals surface area contributed by atoms with Gasteiger partial charge >= 0.3 is 5.69 Å². The maximum Gasteiger partial charge on any atom is 0.333 e. The van der Waals surface area contributed by atoms with E-state index in [1.54, 1.807) is 32.6 Å². The third-order valence-corrected chi connectivity index (χ3v) is 8.97. The molecule has 0 saturated carbocycles. The summed E-state index contributed by atoms with van der Waals surface area (Å²) in [7, 11) is 1.44. The number of aromatic nitrogens is 5. The van der Waals surface area contributed by atoms with E-state index >= 15 is 0 Å². The second-order valence-electron chi connectivity index (χ2n) is 11.2. The van der Waals surface area contributed by atoms with Gasteiger partial charge in [0.05, 0.1) is 44.1 Å². The molecule has 0 aliphatic carbocycles. The first-order valence-electron chi connectivity index (χ1n) is 14.0. The van der Waals surface area contributed by atoms with E-state index in [9.17, 15) is 23.9 Å². The summed E-state index contributed by atoms with van der Waals surface area (Å²) < 4.78 is 28.4. The monoisotopic (exact) mass is 614 g/mol. The molecule has 1 fully saturated rings. The van der Waals surface area contributed by atoms with E-state index < -0.39 is 34.8 Å². The Labute approximate surface area is 250 Å². The Hall–Kier alpha value is -3.88. The number of aliphatic hydroxyl groups is 1. The van der Waals surface area contributed by atoms with Crippen LogP contribution in [0.5, 0.6) is 5.75 Å². The molecule has 1 N–H and O–H groups in total. The lowest BCUT2D eigenvalue weighted by atomic mass is 10.0. The van der Waals surface area contributed by atoms with Gasteiger partial charge in [-0.15, -0.1) is 4.80 Å². The highest BCUT2D eigenvalue weighted by Gasteiger charge is 2.39. The number of fused-ring (bicyclic) bond motifs is 1. The largest absolute Gasteiger partial charge is 0.496 e. The molecule has 4 aromatic rings. The quantitative estimate of drug-likeness (QED) is 0.288. The molecule has 0 unspecified atom stereocenters. The Morgan fingerprint density at radius 3 is 2.49 bits per heavy atom. The molecule has 1 aromatic carbocycles. The van der Waals surface area contributed by atoms with Crippen LogP contribution in [0.25, 0.3) is 15.2 Å². The predicted octanol–water partition coefficient (Wildman–Crippen LogP) is 2.76. The molecule has 1 amide bonds. The van der Waals surface area contributed by atoms with Crippen LogP contribution in [-0.2, 0) is 21.6 Å². The van der Waals surface area contributed by atoms with Crippen molar-refractivity contribution in [2.75, 3.05) is 26.8 Å². The number of nitrogens with zero attached hydrogens (tertiary/aromatic N) is 6. The summed E-state index contributed by atoms with van der Waals surface area (Å²) >= 11 is 1.15. The lowest BCUT2D eigenvalue weighted by Crippen LogP contribution is -2.56. The highest BCUT2D eigenvalue weighted by molar-refractivity contribution is 7.21. The van der Waals surface area contributed by atoms with Gasteiger partial charge in [0, 0.05) is 24.2 Å². The van der Waals surface area contributed by atoms with E-state index in [2.05, 4.69) is 10.2 Å². The SMILES string of the molecule is COc1ccc(F)cc1[C@H](Cn1c(=O)n(C(C)(C)C(=O)N2CCCC2)c(=O)c2c(C)c(-n3nccn3)sc21)OC[C@H](C)O. The van der Waals surface area contributed by atoms with Crippen LogP contribution >= 0.6 is 11.3 Å². The van der Waals surface area contributed by atoms with Gasteiger partial charge in [0.1, 0.15) is 33.0 Å². The number of hydrogen-bond donors (Lipinski definition) is 1. The summed E-state index contributed by atoms with van der Waals surface area (Å²) in [4.78, 5) is 45.7. The highest BCUT2D eigenvalue weighted by atomic mass is 32.1. The van der Waals surface area contributed by atoms with E-state index in [0.29, 0.717) is 39.8 Å². The average Bonchev–Trinajstić information content (AvgIpc) is 3.74. The highest BCUT2D eigenvalue weighted by Crippen LogP contribution is 2.34. The Morgan fingerprint density at radius 1 is 1.19 bits per heavy atom. The van der Waals surface area contributed by atoms with Crippen LogP contribution in [0.4, 0.5) is 4.39 Å².